The molecule has 0 aliphatic heterocycles. The van der Waals surface area contributed by atoms with Crippen molar-refractivity contribution in [3.8, 4) is 0 Å². The maximum Gasteiger partial charge on any atom is 0.472 e. The lowest BCUT2D eigenvalue weighted by Gasteiger charge is -2.25. The molecule has 1 amide bonds. The van der Waals surface area contributed by atoms with Crippen LogP contribution in [0.15, 0.2) is 48.6 Å². The monoisotopic (exact) mass is 1190 g/mol. The Morgan fingerprint density at radius 2 is 0.663 bits per heavy atom. The van der Waals surface area contributed by atoms with Gasteiger partial charge in [0.1, 0.15) is 13.2 Å². The third kappa shape index (κ3) is 67.8. The molecule has 0 fully saturated rings. The average molecular weight is 1190 g/mol. The van der Waals surface area contributed by atoms with E-state index in [2.05, 4.69) is 55.6 Å². The number of phosphoric ester groups is 1. The Morgan fingerprint density at radius 1 is 0.398 bits per heavy atom. The van der Waals surface area contributed by atoms with Crippen molar-refractivity contribution in [3.63, 3.8) is 0 Å². The van der Waals surface area contributed by atoms with E-state index in [-0.39, 0.29) is 19.1 Å². The first-order valence-corrected chi connectivity index (χ1v) is 38.0. The number of hydrogen-bond acceptors (Lipinski definition) is 5. The third-order valence-corrected chi connectivity index (χ3v) is 17.7. The fraction of sp³-hybridized carbons (Fsp3) is 0.878. The van der Waals surface area contributed by atoms with Gasteiger partial charge in [0.15, 0.2) is 0 Å². The molecule has 83 heavy (non-hydrogen) atoms. The van der Waals surface area contributed by atoms with E-state index in [1.807, 2.05) is 27.2 Å². The summed E-state index contributed by atoms with van der Waals surface area (Å²) in [5.74, 6) is -0.185. The predicted octanol–water partition coefficient (Wildman–Crippen LogP) is 23.4. The number of nitrogens with zero attached hydrogens (tertiary/aromatic N) is 1. The highest BCUT2D eigenvalue weighted by Gasteiger charge is 2.28. The largest absolute Gasteiger partial charge is 0.472 e. The molecule has 0 aromatic rings. The number of rotatable bonds is 68. The van der Waals surface area contributed by atoms with Crippen LogP contribution in [-0.4, -0.2) is 73.4 Å². The average Bonchev–Trinajstić information content (AvgIpc) is 3.50. The van der Waals surface area contributed by atoms with Crippen LogP contribution in [0.5, 0.6) is 0 Å². The minimum absolute atomic E-state index is 0.0542. The van der Waals surface area contributed by atoms with Crippen molar-refractivity contribution < 1.29 is 32.9 Å². The minimum Gasteiger partial charge on any atom is -0.387 e. The van der Waals surface area contributed by atoms with E-state index in [9.17, 15) is 19.4 Å². The summed E-state index contributed by atoms with van der Waals surface area (Å²) in [4.78, 5) is 23.4. The summed E-state index contributed by atoms with van der Waals surface area (Å²) in [6.45, 7) is 4.84. The summed E-state index contributed by atoms with van der Waals surface area (Å²) in [7, 11) is 1.56. The zero-order valence-electron chi connectivity index (χ0n) is 56.2. The molecule has 0 aliphatic carbocycles. The van der Waals surface area contributed by atoms with Crippen molar-refractivity contribution >= 4 is 13.7 Å². The van der Waals surface area contributed by atoms with Crippen molar-refractivity contribution in [2.75, 3.05) is 40.9 Å². The van der Waals surface area contributed by atoms with Crippen LogP contribution in [0.1, 0.15) is 367 Å². The van der Waals surface area contributed by atoms with Crippen LogP contribution < -0.4 is 5.32 Å². The molecule has 0 radical (unpaired) electrons. The number of hydrogen-bond donors (Lipinski definition) is 3. The number of carbonyl (C=O) groups is 1. The normalized spacial score (nSPS) is 13.9. The Labute approximate surface area is 518 Å². The highest BCUT2D eigenvalue weighted by molar-refractivity contribution is 7.47. The van der Waals surface area contributed by atoms with E-state index < -0.39 is 20.0 Å². The fourth-order valence-corrected chi connectivity index (χ4v) is 11.8. The summed E-state index contributed by atoms with van der Waals surface area (Å²) < 4.78 is 23.8. The van der Waals surface area contributed by atoms with Gasteiger partial charge < -0.3 is 19.8 Å². The lowest BCUT2D eigenvalue weighted by molar-refractivity contribution is -0.870. The number of unbranched alkanes of at least 4 members (excludes halogenated alkanes) is 49. The summed E-state index contributed by atoms with van der Waals surface area (Å²) in [5.41, 5.74) is 0. The molecule has 0 aliphatic rings. The fourth-order valence-electron chi connectivity index (χ4n) is 11.1. The Hall–Kier alpha value is -1.54. The van der Waals surface area contributed by atoms with Gasteiger partial charge in [0.25, 0.3) is 0 Å². The van der Waals surface area contributed by atoms with E-state index in [1.165, 1.54) is 302 Å². The maximum absolute atomic E-state index is 13.0. The highest BCUT2D eigenvalue weighted by Crippen LogP contribution is 2.43. The molecule has 0 saturated heterocycles. The quantitative estimate of drug-likeness (QED) is 0.0243. The van der Waals surface area contributed by atoms with Crippen LogP contribution in [0.3, 0.4) is 0 Å². The first-order valence-electron chi connectivity index (χ1n) is 36.5. The number of aliphatic hydroxyl groups is 1. The van der Waals surface area contributed by atoms with Gasteiger partial charge in [0, 0.05) is 6.42 Å². The van der Waals surface area contributed by atoms with Gasteiger partial charge in [-0.3, -0.25) is 13.8 Å². The standard InChI is InChI=1S/C74H143N2O6P/c1-6-8-10-12-14-16-18-20-22-24-26-28-30-32-33-34-35-36-37-38-39-40-41-42-43-44-46-48-50-52-54-56-58-60-62-64-66-68-74(78)75-72(71-82-83(79,80)81-70-69-76(3,4)5)73(77)67-65-63-61-59-57-55-53-51-49-47-45-31-29-27-25-23-21-19-17-15-13-11-9-7-2/h36-37,49,51,57,59,65,67,72-73,77H,6-35,38-48,50,52-56,58,60-64,66,68-71H2,1-5H3,(H-,75,78,79,80)/p+1/b37-36-,51-49+,59-57+,67-65+. The zero-order valence-corrected chi connectivity index (χ0v) is 57.1. The second-order valence-corrected chi connectivity index (χ2v) is 27.8. The molecule has 0 rings (SSSR count). The number of likely N-dealkylation sites (N-methyl/N-ethyl adjacent to an activating group) is 1. The molecule has 0 aromatic carbocycles. The van der Waals surface area contributed by atoms with Gasteiger partial charge >= 0.3 is 7.82 Å². The molecule has 3 unspecified atom stereocenters. The summed E-state index contributed by atoms with van der Waals surface area (Å²) in [5, 5.41) is 14.0. The van der Waals surface area contributed by atoms with E-state index in [4.69, 9.17) is 9.05 Å². The summed E-state index contributed by atoms with van der Waals surface area (Å²) >= 11 is 0. The van der Waals surface area contributed by atoms with Gasteiger partial charge in [-0.05, 0) is 70.6 Å². The Balaban J connectivity index is 4.02. The van der Waals surface area contributed by atoms with E-state index in [1.54, 1.807) is 6.08 Å². The Morgan fingerprint density at radius 3 is 0.964 bits per heavy atom. The van der Waals surface area contributed by atoms with Crippen molar-refractivity contribution in [2.45, 2.75) is 379 Å². The molecule has 3 atom stereocenters. The molecule has 0 aromatic heterocycles. The van der Waals surface area contributed by atoms with Gasteiger partial charge in [-0.15, -0.1) is 0 Å². The van der Waals surface area contributed by atoms with Crippen molar-refractivity contribution in [2.24, 2.45) is 0 Å². The minimum atomic E-state index is -4.37. The molecule has 3 N–H and O–H groups in total. The van der Waals surface area contributed by atoms with Crippen molar-refractivity contribution in [1.82, 2.24) is 5.32 Å². The smallest absolute Gasteiger partial charge is 0.387 e. The summed E-state index contributed by atoms with van der Waals surface area (Å²) in [6.07, 6.45) is 88.6. The van der Waals surface area contributed by atoms with Crippen LogP contribution in [0, 0.1) is 0 Å². The lowest BCUT2D eigenvalue weighted by Crippen LogP contribution is -2.45. The number of phosphoric acid groups is 1. The molecule has 8 nitrogen and oxygen atoms in total. The van der Waals surface area contributed by atoms with Gasteiger partial charge in [-0.25, -0.2) is 4.57 Å². The molecule has 0 saturated carbocycles. The molecule has 490 valence electrons. The van der Waals surface area contributed by atoms with Gasteiger partial charge in [-0.2, -0.15) is 0 Å². The van der Waals surface area contributed by atoms with Crippen LogP contribution in [-0.2, 0) is 18.4 Å². The number of allylic oxidation sites excluding steroid dienone is 7. The second-order valence-electron chi connectivity index (χ2n) is 26.3. The van der Waals surface area contributed by atoms with E-state index in [0.717, 1.165) is 44.9 Å². The van der Waals surface area contributed by atoms with Crippen molar-refractivity contribution in [1.29, 1.82) is 0 Å². The molecule has 9 heteroatoms. The van der Waals surface area contributed by atoms with E-state index in [0.29, 0.717) is 17.4 Å². The first kappa shape index (κ1) is 81.5. The molecular formula is C74H144N2O6P+. The lowest BCUT2D eigenvalue weighted by atomic mass is 10.0. The van der Waals surface area contributed by atoms with Gasteiger partial charge in [-0.1, -0.05) is 339 Å². The Bertz CT molecular complexity index is 1490. The topological polar surface area (TPSA) is 105 Å². The van der Waals surface area contributed by atoms with E-state index >= 15 is 0 Å². The Kier molecular flexibility index (Phi) is 63.7. The van der Waals surface area contributed by atoms with Gasteiger partial charge in [0.05, 0.1) is 39.9 Å². The third-order valence-electron chi connectivity index (χ3n) is 16.7. The maximum atomic E-state index is 13.0. The second kappa shape index (κ2) is 64.9. The van der Waals surface area contributed by atoms with Crippen molar-refractivity contribution in [3.05, 3.63) is 48.6 Å². The number of aliphatic hydroxyl groups excluding tert-OH is 1. The zero-order chi connectivity index (χ0) is 60.5. The van der Waals surface area contributed by atoms with Crippen LogP contribution in [0.4, 0.5) is 0 Å². The number of quaternary nitrogens is 1. The SMILES string of the molecule is CCCCCCCCCCCCCCCC/C=C/CC/C=C/CC/C=C/C(O)C(COP(=O)(O)OCC[N+](C)(C)C)NC(=O)CCCCCCCCCCCCCCCCCCC/C=C\CCCCCCCCCCCCCCCCCC. The van der Waals surface area contributed by atoms with Crippen LogP contribution in [0.25, 0.3) is 0 Å². The predicted molar refractivity (Wildman–Crippen MR) is 364 cm³/mol. The number of nitrogens with one attached hydrogen (secondary N) is 1. The highest BCUT2D eigenvalue weighted by atomic mass is 31.2. The molecule has 0 bridgehead atoms. The summed E-state index contributed by atoms with van der Waals surface area (Å²) in [6, 6.07) is -0.871. The van der Waals surface area contributed by atoms with Gasteiger partial charge in [0.2, 0.25) is 5.91 Å². The molecule has 0 spiro atoms. The van der Waals surface area contributed by atoms with Crippen LogP contribution >= 0.6 is 7.82 Å². The van der Waals surface area contributed by atoms with Crippen LogP contribution in [0.2, 0.25) is 0 Å². The number of carbonyl (C=O) groups excluding carboxylic acids is 1. The first-order chi connectivity index (χ1) is 40.5. The molecule has 0 heterocycles. The number of amides is 1. The molecular weight excluding hydrogens is 1040 g/mol.